The van der Waals surface area contributed by atoms with Gasteiger partial charge in [-0.25, -0.2) is 8.42 Å². The Kier molecular flexibility index (Phi) is 3.04. The molecule has 0 amide bonds. The summed E-state index contributed by atoms with van der Waals surface area (Å²) in [6.07, 6.45) is 3.79. The van der Waals surface area contributed by atoms with E-state index < -0.39 is 15.1 Å². The molecule has 18 heavy (non-hydrogen) atoms. The molecule has 0 saturated heterocycles. The third-order valence-electron chi connectivity index (χ3n) is 2.48. The first kappa shape index (κ1) is 12.5. The number of nitrogens with zero attached hydrogens (tertiary/aromatic N) is 3. The van der Waals surface area contributed by atoms with E-state index >= 15 is 0 Å². The number of aromatic hydroxyl groups is 1. The van der Waals surface area contributed by atoms with Crippen molar-refractivity contribution < 1.29 is 18.0 Å². The van der Waals surface area contributed by atoms with E-state index in [2.05, 4.69) is 15.1 Å². The van der Waals surface area contributed by atoms with Crippen molar-refractivity contribution in [1.29, 1.82) is 0 Å². The lowest BCUT2D eigenvalue weighted by atomic mass is 10.2. The summed E-state index contributed by atoms with van der Waals surface area (Å²) < 4.78 is 27.7. The van der Waals surface area contributed by atoms with Crippen molar-refractivity contribution in [2.45, 2.75) is 12.2 Å². The van der Waals surface area contributed by atoms with Crippen molar-refractivity contribution in [3.63, 3.8) is 0 Å². The van der Waals surface area contributed by atoms with Gasteiger partial charge in [0, 0.05) is 12.5 Å². The monoisotopic (exact) mass is 269 g/mol. The summed E-state index contributed by atoms with van der Waals surface area (Å²) in [4.78, 5) is 7.68. The summed E-state index contributed by atoms with van der Waals surface area (Å²) in [5.41, 5.74) is 0.310. The SMILES string of the molecule is CC(c1noc(-c2ccncc2O)n1)S(C)(=O)=O. The Balaban J connectivity index is 2.41. The van der Waals surface area contributed by atoms with Crippen molar-refractivity contribution in [2.75, 3.05) is 6.26 Å². The molecule has 0 aliphatic heterocycles. The van der Waals surface area contributed by atoms with Crippen molar-refractivity contribution >= 4 is 9.84 Å². The van der Waals surface area contributed by atoms with E-state index in [1.807, 2.05) is 0 Å². The highest BCUT2D eigenvalue weighted by Crippen LogP contribution is 2.28. The first-order valence-electron chi connectivity index (χ1n) is 5.05. The summed E-state index contributed by atoms with van der Waals surface area (Å²) in [6.45, 7) is 1.47. The van der Waals surface area contributed by atoms with Crippen LogP contribution in [0.4, 0.5) is 0 Å². The van der Waals surface area contributed by atoms with Crippen molar-refractivity contribution in [1.82, 2.24) is 15.1 Å². The molecule has 1 unspecified atom stereocenters. The highest BCUT2D eigenvalue weighted by atomic mass is 32.2. The molecule has 0 fully saturated rings. The molecule has 0 spiro atoms. The first-order valence-corrected chi connectivity index (χ1v) is 7.01. The molecule has 8 heteroatoms. The van der Waals surface area contributed by atoms with E-state index in [0.717, 1.165) is 6.26 Å². The molecule has 1 atom stereocenters. The van der Waals surface area contributed by atoms with Gasteiger partial charge in [0.25, 0.3) is 5.89 Å². The highest BCUT2D eigenvalue weighted by Gasteiger charge is 2.24. The summed E-state index contributed by atoms with van der Waals surface area (Å²) >= 11 is 0. The maximum Gasteiger partial charge on any atom is 0.261 e. The van der Waals surface area contributed by atoms with Gasteiger partial charge in [-0.3, -0.25) is 4.98 Å². The molecule has 2 aromatic heterocycles. The lowest BCUT2D eigenvalue weighted by molar-refractivity contribution is 0.416. The van der Waals surface area contributed by atoms with Gasteiger partial charge in [-0.1, -0.05) is 5.16 Å². The normalized spacial score (nSPS) is 13.4. The summed E-state index contributed by atoms with van der Waals surface area (Å²) in [6, 6.07) is 1.50. The van der Waals surface area contributed by atoms with Gasteiger partial charge in [-0.2, -0.15) is 4.98 Å². The van der Waals surface area contributed by atoms with Crippen molar-refractivity contribution in [3.05, 3.63) is 24.3 Å². The van der Waals surface area contributed by atoms with Gasteiger partial charge in [0.05, 0.1) is 11.8 Å². The lowest BCUT2D eigenvalue weighted by Crippen LogP contribution is -2.09. The van der Waals surface area contributed by atoms with Crippen molar-refractivity contribution in [2.24, 2.45) is 0 Å². The number of sulfone groups is 1. The zero-order valence-electron chi connectivity index (χ0n) is 9.73. The van der Waals surface area contributed by atoms with E-state index in [0.29, 0.717) is 5.56 Å². The quantitative estimate of drug-likeness (QED) is 0.883. The van der Waals surface area contributed by atoms with Crippen LogP contribution in [0.3, 0.4) is 0 Å². The van der Waals surface area contributed by atoms with E-state index in [1.165, 1.54) is 25.4 Å². The molecule has 0 radical (unpaired) electrons. The molecule has 1 N–H and O–H groups in total. The summed E-state index contributed by atoms with van der Waals surface area (Å²) in [5, 5.41) is 12.3. The Morgan fingerprint density at radius 1 is 1.44 bits per heavy atom. The third-order valence-corrected chi connectivity index (χ3v) is 3.97. The van der Waals surface area contributed by atoms with Crippen LogP contribution in [0, 0.1) is 0 Å². The number of hydrogen-bond donors (Lipinski definition) is 1. The summed E-state index contributed by atoms with van der Waals surface area (Å²) in [5.74, 6) is 0.00354. The van der Waals surface area contributed by atoms with Gasteiger partial charge in [0.15, 0.2) is 15.7 Å². The number of hydrogen-bond acceptors (Lipinski definition) is 7. The fourth-order valence-electron chi connectivity index (χ4n) is 1.27. The molecule has 0 saturated carbocycles. The van der Waals surface area contributed by atoms with Crippen LogP contribution >= 0.6 is 0 Å². The predicted molar refractivity (Wildman–Crippen MR) is 62.5 cm³/mol. The molecule has 0 bridgehead atoms. The second-order valence-corrected chi connectivity index (χ2v) is 6.19. The second kappa shape index (κ2) is 4.37. The van der Waals surface area contributed by atoms with Gasteiger partial charge in [0.1, 0.15) is 11.0 Å². The fourth-order valence-corrected chi connectivity index (χ4v) is 1.75. The Labute approximate surface area is 103 Å². The molecular formula is C10H11N3O4S. The predicted octanol–water partition coefficient (Wildman–Crippen LogP) is 0.943. The Bertz CT molecular complexity index is 665. The molecule has 2 rings (SSSR count). The maximum absolute atomic E-state index is 11.4. The number of pyridine rings is 1. The summed E-state index contributed by atoms with van der Waals surface area (Å²) in [7, 11) is -3.29. The number of aromatic nitrogens is 3. The van der Waals surface area contributed by atoms with Gasteiger partial charge < -0.3 is 9.63 Å². The van der Waals surface area contributed by atoms with E-state index in [-0.39, 0.29) is 17.5 Å². The zero-order valence-corrected chi connectivity index (χ0v) is 10.5. The standard InChI is InChI=1S/C10H11N3O4S/c1-6(18(2,15)16)9-12-10(17-13-9)7-3-4-11-5-8(7)14/h3-6,14H,1-2H3. The van der Waals surface area contributed by atoms with E-state index in [4.69, 9.17) is 4.52 Å². The largest absolute Gasteiger partial charge is 0.505 e. The van der Waals surface area contributed by atoms with Crippen molar-refractivity contribution in [3.8, 4) is 17.2 Å². The Hall–Kier alpha value is -1.96. The van der Waals surface area contributed by atoms with Crippen LogP contribution in [-0.2, 0) is 9.84 Å². The molecule has 2 heterocycles. The van der Waals surface area contributed by atoms with E-state index in [9.17, 15) is 13.5 Å². The Morgan fingerprint density at radius 3 is 2.78 bits per heavy atom. The van der Waals surface area contributed by atoms with Crippen LogP contribution in [-0.4, -0.2) is 34.9 Å². The molecular weight excluding hydrogens is 258 g/mol. The average Bonchev–Trinajstić information content (AvgIpc) is 2.76. The Morgan fingerprint density at radius 2 is 2.17 bits per heavy atom. The van der Waals surface area contributed by atoms with E-state index in [1.54, 1.807) is 0 Å². The van der Waals surface area contributed by atoms with Crippen LogP contribution in [0.15, 0.2) is 23.0 Å². The van der Waals surface area contributed by atoms with Crippen LogP contribution in [0.1, 0.15) is 18.0 Å². The molecule has 2 aromatic rings. The van der Waals surface area contributed by atoms with Crippen LogP contribution in [0.5, 0.6) is 5.75 Å². The van der Waals surface area contributed by atoms with Crippen LogP contribution in [0.2, 0.25) is 0 Å². The smallest absolute Gasteiger partial charge is 0.261 e. The van der Waals surface area contributed by atoms with Gasteiger partial charge in [-0.15, -0.1) is 0 Å². The minimum absolute atomic E-state index is 0.0559. The molecule has 96 valence electrons. The lowest BCUT2D eigenvalue weighted by Gasteiger charge is -2.01. The van der Waals surface area contributed by atoms with Gasteiger partial charge >= 0.3 is 0 Å². The van der Waals surface area contributed by atoms with Gasteiger partial charge in [0.2, 0.25) is 0 Å². The van der Waals surface area contributed by atoms with Crippen LogP contribution in [0.25, 0.3) is 11.5 Å². The second-order valence-electron chi connectivity index (χ2n) is 3.82. The minimum atomic E-state index is -3.29. The first-order chi connectivity index (χ1) is 8.39. The van der Waals surface area contributed by atoms with Crippen LogP contribution < -0.4 is 0 Å². The fraction of sp³-hybridized carbons (Fsp3) is 0.300. The molecule has 7 nitrogen and oxygen atoms in total. The molecule has 0 aliphatic carbocycles. The third kappa shape index (κ3) is 2.33. The number of rotatable bonds is 3. The topological polar surface area (TPSA) is 106 Å². The van der Waals surface area contributed by atoms with Gasteiger partial charge in [-0.05, 0) is 13.0 Å². The zero-order chi connectivity index (χ0) is 13.3. The molecule has 0 aliphatic rings. The minimum Gasteiger partial charge on any atom is -0.505 e. The highest BCUT2D eigenvalue weighted by molar-refractivity contribution is 7.90. The molecule has 0 aromatic carbocycles. The maximum atomic E-state index is 11.4. The average molecular weight is 269 g/mol.